The third kappa shape index (κ3) is 4.63. The summed E-state index contributed by atoms with van der Waals surface area (Å²) in [7, 11) is -2.35. The molecule has 0 saturated carbocycles. The van der Waals surface area contributed by atoms with Crippen LogP contribution < -0.4 is 15.2 Å². The lowest BCUT2D eigenvalue weighted by Gasteiger charge is -2.35. The Hall–Kier alpha value is -2.29. The highest BCUT2D eigenvalue weighted by Crippen LogP contribution is 2.52. The first-order valence-electron chi connectivity index (χ1n) is 10.1. The van der Waals surface area contributed by atoms with Gasteiger partial charge in [0.2, 0.25) is 5.60 Å². The number of ether oxygens (including phenoxy) is 1. The Kier molecular flexibility index (Phi) is 6.77. The Balaban J connectivity index is 2.39. The zero-order valence-electron chi connectivity index (χ0n) is 18.6. The van der Waals surface area contributed by atoms with E-state index in [1.54, 1.807) is 0 Å². The highest BCUT2D eigenvalue weighted by molar-refractivity contribution is 7.84. The summed E-state index contributed by atoms with van der Waals surface area (Å²) in [6.07, 6.45) is -10.6. The van der Waals surface area contributed by atoms with E-state index in [-0.39, 0.29) is 5.56 Å². The number of nitrogens with one attached hydrogen (secondary N) is 1. The molecule has 3 atom stereocenters. The van der Waals surface area contributed by atoms with Gasteiger partial charge < -0.3 is 15.6 Å². The standard InChI is InChI=1S/C21H22F7N3O3S/c1-17(2,3)35(33)31-18(20(23,24)25)10-34-16-13(18)8-14(19(32,9-29)21(26,27)28)30-15(16)11-4-6-12(22)7-5-11/h4-8,31-32H,9-10,29H2,1-3H3/t18-,19-,35+/m0/s1. The maximum Gasteiger partial charge on any atom is 0.424 e. The Bertz CT molecular complexity index is 1130. The molecule has 4 N–H and O–H groups in total. The Morgan fingerprint density at radius 2 is 1.71 bits per heavy atom. The van der Waals surface area contributed by atoms with Crippen molar-refractivity contribution in [3.8, 4) is 17.0 Å². The van der Waals surface area contributed by atoms with Gasteiger partial charge in [0.05, 0.1) is 21.4 Å². The van der Waals surface area contributed by atoms with Crippen molar-refractivity contribution in [1.82, 2.24) is 9.71 Å². The van der Waals surface area contributed by atoms with E-state index >= 15 is 0 Å². The average Bonchev–Trinajstić information content (AvgIpc) is 3.11. The highest BCUT2D eigenvalue weighted by Gasteiger charge is 2.64. The van der Waals surface area contributed by atoms with Gasteiger partial charge in [-0.3, -0.25) is 0 Å². The zero-order chi connectivity index (χ0) is 26.6. The number of rotatable bonds is 5. The lowest BCUT2D eigenvalue weighted by Crippen LogP contribution is -2.58. The molecule has 0 spiro atoms. The van der Waals surface area contributed by atoms with Crippen molar-refractivity contribution < 1.29 is 44.8 Å². The molecule has 0 saturated heterocycles. The molecule has 0 aliphatic carbocycles. The molecule has 2 aromatic rings. The van der Waals surface area contributed by atoms with Crippen LogP contribution in [0.1, 0.15) is 32.0 Å². The Morgan fingerprint density at radius 3 is 2.17 bits per heavy atom. The fourth-order valence-electron chi connectivity index (χ4n) is 3.32. The first-order chi connectivity index (χ1) is 15.9. The van der Waals surface area contributed by atoms with Gasteiger partial charge in [-0.2, -0.15) is 26.3 Å². The molecule has 1 aliphatic rings. The SMILES string of the molecule is CC(C)(C)[S@@](=O)N[C@@]1(C(F)(F)F)COc2c1cc([C@@](O)(CN)C(F)(F)F)nc2-c1ccc(F)cc1. The second-order valence-electron chi connectivity index (χ2n) is 8.98. The van der Waals surface area contributed by atoms with E-state index in [1.807, 2.05) is 4.72 Å². The molecule has 1 aliphatic heterocycles. The van der Waals surface area contributed by atoms with E-state index in [4.69, 9.17) is 10.5 Å². The van der Waals surface area contributed by atoms with Crippen molar-refractivity contribution in [3.63, 3.8) is 0 Å². The van der Waals surface area contributed by atoms with Crippen LogP contribution in [0, 0.1) is 5.82 Å². The second kappa shape index (κ2) is 8.68. The summed E-state index contributed by atoms with van der Waals surface area (Å²) in [5.41, 5.74) is -4.54. The minimum Gasteiger partial charge on any atom is -0.488 e. The molecule has 0 bridgehead atoms. The van der Waals surface area contributed by atoms with Gasteiger partial charge in [-0.15, -0.1) is 0 Å². The number of aromatic nitrogens is 1. The molecule has 3 rings (SSSR count). The van der Waals surface area contributed by atoms with Crippen LogP contribution in [-0.2, 0) is 22.1 Å². The third-order valence-electron chi connectivity index (χ3n) is 5.48. The van der Waals surface area contributed by atoms with Gasteiger partial charge >= 0.3 is 12.4 Å². The monoisotopic (exact) mass is 529 g/mol. The van der Waals surface area contributed by atoms with Gasteiger partial charge in [0.15, 0.2) is 11.3 Å². The van der Waals surface area contributed by atoms with Gasteiger partial charge in [-0.05, 0) is 51.1 Å². The normalized spacial score (nSPS) is 21.3. The van der Waals surface area contributed by atoms with E-state index in [0.29, 0.717) is 6.07 Å². The number of nitrogens with two attached hydrogens (primary N) is 1. The number of benzene rings is 1. The second-order valence-corrected chi connectivity index (χ2v) is 10.9. The van der Waals surface area contributed by atoms with Crippen LogP contribution in [0.25, 0.3) is 11.3 Å². The van der Waals surface area contributed by atoms with Crippen molar-refractivity contribution >= 4 is 11.0 Å². The van der Waals surface area contributed by atoms with Crippen LogP contribution >= 0.6 is 0 Å². The minimum atomic E-state index is -5.41. The van der Waals surface area contributed by atoms with Crippen molar-refractivity contribution in [1.29, 1.82) is 0 Å². The van der Waals surface area contributed by atoms with Crippen LogP contribution in [0.5, 0.6) is 5.75 Å². The molecule has 0 fully saturated rings. The number of nitrogens with zero attached hydrogens (tertiary/aromatic N) is 1. The number of aliphatic hydroxyl groups is 1. The van der Waals surface area contributed by atoms with Crippen LogP contribution in [-0.4, -0.2) is 44.6 Å². The molecule has 0 unspecified atom stereocenters. The smallest absolute Gasteiger partial charge is 0.424 e. The van der Waals surface area contributed by atoms with Gasteiger partial charge in [-0.1, -0.05) is 0 Å². The fourth-order valence-corrected chi connectivity index (χ4v) is 4.23. The van der Waals surface area contributed by atoms with Gasteiger partial charge in [-0.25, -0.2) is 18.3 Å². The maximum atomic E-state index is 14.5. The molecule has 1 aromatic carbocycles. The Labute approximate surface area is 198 Å². The van der Waals surface area contributed by atoms with Crippen LogP contribution in [0.3, 0.4) is 0 Å². The number of halogens is 7. The van der Waals surface area contributed by atoms with E-state index in [2.05, 4.69) is 4.98 Å². The molecule has 1 aromatic heterocycles. The summed E-state index contributed by atoms with van der Waals surface area (Å²) >= 11 is 0. The summed E-state index contributed by atoms with van der Waals surface area (Å²) in [5.74, 6) is -1.28. The molecule has 0 amide bonds. The van der Waals surface area contributed by atoms with E-state index in [1.165, 1.54) is 20.8 Å². The molecular weight excluding hydrogens is 507 g/mol. The maximum absolute atomic E-state index is 14.5. The average molecular weight is 529 g/mol. The first-order valence-corrected chi connectivity index (χ1v) is 11.2. The summed E-state index contributed by atoms with van der Waals surface area (Å²) in [6.45, 7) is 1.56. The third-order valence-corrected chi connectivity index (χ3v) is 7.12. The fraction of sp³-hybridized carbons (Fsp3) is 0.476. The molecular formula is C21H22F7N3O3S. The highest BCUT2D eigenvalue weighted by atomic mass is 32.2. The molecule has 2 heterocycles. The lowest BCUT2D eigenvalue weighted by molar-refractivity contribution is -0.263. The van der Waals surface area contributed by atoms with Gasteiger partial charge in [0.25, 0.3) is 0 Å². The largest absolute Gasteiger partial charge is 0.488 e. The van der Waals surface area contributed by atoms with Crippen molar-refractivity contribution in [2.45, 2.75) is 49.0 Å². The molecule has 14 heteroatoms. The zero-order valence-corrected chi connectivity index (χ0v) is 19.5. The number of alkyl halides is 6. The predicted octanol–water partition coefficient (Wildman–Crippen LogP) is 3.80. The van der Waals surface area contributed by atoms with E-state index in [0.717, 1.165) is 24.3 Å². The summed E-state index contributed by atoms with van der Waals surface area (Å²) in [4.78, 5) is 3.76. The number of hydrogen-bond donors (Lipinski definition) is 3. The molecule has 35 heavy (non-hydrogen) atoms. The summed E-state index contributed by atoms with van der Waals surface area (Å²) < 4.78 is 117. The number of hydrogen-bond acceptors (Lipinski definition) is 5. The molecule has 194 valence electrons. The van der Waals surface area contributed by atoms with Crippen LogP contribution in [0.4, 0.5) is 30.7 Å². The quantitative estimate of drug-likeness (QED) is 0.512. The topological polar surface area (TPSA) is 97.5 Å². The van der Waals surface area contributed by atoms with Gasteiger partial charge in [0, 0.05) is 17.7 Å². The summed E-state index contributed by atoms with van der Waals surface area (Å²) in [6, 6.07) is 4.40. The first kappa shape index (κ1) is 27.3. The summed E-state index contributed by atoms with van der Waals surface area (Å²) in [5, 5.41) is 10.4. The van der Waals surface area contributed by atoms with Crippen LogP contribution in [0.15, 0.2) is 30.3 Å². The Morgan fingerprint density at radius 1 is 1.14 bits per heavy atom. The van der Waals surface area contributed by atoms with Crippen molar-refractivity contribution in [2.75, 3.05) is 13.2 Å². The minimum absolute atomic E-state index is 0.0824. The molecule has 6 nitrogen and oxygen atoms in total. The molecule has 0 radical (unpaired) electrons. The van der Waals surface area contributed by atoms with Crippen molar-refractivity contribution in [2.24, 2.45) is 5.73 Å². The van der Waals surface area contributed by atoms with E-state index < -0.39 is 80.9 Å². The lowest BCUT2D eigenvalue weighted by atomic mass is 9.88. The van der Waals surface area contributed by atoms with Crippen molar-refractivity contribution in [3.05, 3.63) is 47.4 Å². The number of fused-ring (bicyclic) bond motifs is 1. The van der Waals surface area contributed by atoms with E-state index in [9.17, 15) is 40.0 Å². The van der Waals surface area contributed by atoms with Gasteiger partial charge in [0.1, 0.15) is 18.1 Å². The van der Waals surface area contributed by atoms with Crippen LogP contribution in [0.2, 0.25) is 0 Å². The predicted molar refractivity (Wildman–Crippen MR) is 113 cm³/mol. The number of pyridine rings is 1.